The Labute approximate surface area is 210 Å². The van der Waals surface area contributed by atoms with Gasteiger partial charge < -0.3 is 15.8 Å². The van der Waals surface area contributed by atoms with Crippen molar-refractivity contribution in [2.45, 2.75) is 33.1 Å². The molecule has 0 bridgehead atoms. The Hall–Kier alpha value is -4.59. The SMILES string of the molecule is CC(=O)Nc1cccc(-n2nc(C(C)(C)C)cc2N(C(N)=O)c2ccc(Oc3ccccc3)cc2)c1. The van der Waals surface area contributed by atoms with Crippen molar-refractivity contribution in [2.24, 2.45) is 5.73 Å². The second-order valence-corrected chi connectivity index (χ2v) is 9.36. The van der Waals surface area contributed by atoms with Crippen molar-refractivity contribution in [2.75, 3.05) is 10.2 Å². The number of ether oxygens (including phenoxy) is 1. The third-order valence-corrected chi connectivity index (χ3v) is 5.39. The van der Waals surface area contributed by atoms with Crippen LogP contribution >= 0.6 is 0 Å². The van der Waals surface area contributed by atoms with Crippen molar-refractivity contribution in [1.29, 1.82) is 0 Å². The number of carbonyl (C=O) groups excluding carboxylic acids is 2. The Balaban J connectivity index is 1.76. The van der Waals surface area contributed by atoms with Crippen LogP contribution in [0.5, 0.6) is 11.5 Å². The highest BCUT2D eigenvalue weighted by atomic mass is 16.5. The van der Waals surface area contributed by atoms with Crippen molar-refractivity contribution in [1.82, 2.24) is 9.78 Å². The molecule has 0 unspecified atom stereocenters. The second-order valence-electron chi connectivity index (χ2n) is 9.36. The summed E-state index contributed by atoms with van der Waals surface area (Å²) in [6.07, 6.45) is 0. The van der Waals surface area contributed by atoms with Crippen LogP contribution in [-0.4, -0.2) is 21.7 Å². The standard InChI is InChI=1S/C28H29N5O3/c1-19(34)30-20-9-8-10-22(17-20)33-26(18-25(31-33)28(2,3)4)32(27(29)35)21-13-15-24(16-14-21)36-23-11-6-5-7-12-23/h5-18H,1-4H3,(H2,29,35)(H,30,34). The Bertz CT molecular complexity index is 1370. The molecule has 3 amide bonds. The first kappa shape index (κ1) is 24.5. The molecular formula is C28H29N5O3. The van der Waals surface area contributed by atoms with Crippen LogP contribution in [0, 0.1) is 0 Å². The fraction of sp³-hybridized carbons (Fsp3) is 0.179. The predicted octanol–water partition coefficient (Wildman–Crippen LogP) is 6.14. The second kappa shape index (κ2) is 9.95. The van der Waals surface area contributed by atoms with E-state index in [1.807, 2.05) is 69.3 Å². The molecule has 0 saturated carbocycles. The molecule has 0 aliphatic carbocycles. The molecule has 0 fully saturated rings. The molecular weight excluding hydrogens is 454 g/mol. The molecule has 3 N–H and O–H groups in total. The van der Waals surface area contributed by atoms with E-state index in [0.29, 0.717) is 34.4 Å². The normalized spacial score (nSPS) is 11.1. The average molecular weight is 484 g/mol. The van der Waals surface area contributed by atoms with E-state index < -0.39 is 6.03 Å². The number of nitrogens with zero attached hydrogens (tertiary/aromatic N) is 3. The van der Waals surface area contributed by atoms with Gasteiger partial charge in [0.15, 0.2) is 0 Å². The van der Waals surface area contributed by atoms with Gasteiger partial charge in [-0.1, -0.05) is 45.0 Å². The highest BCUT2D eigenvalue weighted by molar-refractivity contribution is 5.98. The first-order valence-electron chi connectivity index (χ1n) is 11.5. The van der Waals surface area contributed by atoms with E-state index in [1.54, 1.807) is 41.1 Å². The van der Waals surface area contributed by atoms with Gasteiger partial charge in [-0.3, -0.25) is 4.79 Å². The van der Waals surface area contributed by atoms with E-state index in [0.717, 1.165) is 5.69 Å². The van der Waals surface area contributed by atoms with E-state index in [1.165, 1.54) is 11.8 Å². The lowest BCUT2D eigenvalue weighted by Gasteiger charge is -2.22. The van der Waals surface area contributed by atoms with Crippen molar-refractivity contribution >= 4 is 29.1 Å². The number of hydrogen-bond donors (Lipinski definition) is 2. The third-order valence-electron chi connectivity index (χ3n) is 5.39. The summed E-state index contributed by atoms with van der Waals surface area (Å²) < 4.78 is 7.54. The zero-order chi connectivity index (χ0) is 25.9. The van der Waals surface area contributed by atoms with Crippen LogP contribution in [0.4, 0.5) is 22.0 Å². The number of rotatable bonds is 6. The first-order valence-corrected chi connectivity index (χ1v) is 11.5. The third kappa shape index (κ3) is 5.55. The Morgan fingerprint density at radius 3 is 2.19 bits per heavy atom. The summed E-state index contributed by atoms with van der Waals surface area (Å²) in [4.78, 5) is 25.7. The smallest absolute Gasteiger partial charge is 0.325 e. The number of primary amides is 1. The summed E-state index contributed by atoms with van der Waals surface area (Å²) in [6.45, 7) is 7.58. The van der Waals surface area contributed by atoms with Gasteiger partial charge in [-0.2, -0.15) is 5.10 Å². The molecule has 8 heteroatoms. The summed E-state index contributed by atoms with van der Waals surface area (Å²) in [5.74, 6) is 1.63. The summed E-state index contributed by atoms with van der Waals surface area (Å²) in [5, 5.41) is 7.59. The number of nitrogens with one attached hydrogen (secondary N) is 1. The number of nitrogens with two attached hydrogens (primary N) is 1. The first-order chi connectivity index (χ1) is 17.1. The molecule has 8 nitrogen and oxygen atoms in total. The Morgan fingerprint density at radius 1 is 0.917 bits per heavy atom. The van der Waals surface area contributed by atoms with Gasteiger partial charge in [0.05, 0.1) is 17.1 Å². The fourth-order valence-electron chi connectivity index (χ4n) is 3.67. The van der Waals surface area contributed by atoms with Crippen LogP contribution in [0.15, 0.2) is 84.9 Å². The number of para-hydroxylation sites is 1. The van der Waals surface area contributed by atoms with Gasteiger partial charge in [0.25, 0.3) is 0 Å². The summed E-state index contributed by atoms with van der Waals surface area (Å²) in [5.41, 5.74) is 8.21. The molecule has 184 valence electrons. The van der Waals surface area contributed by atoms with Crippen LogP contribution in [-0.2, 0) is 10.2 Å². The molecule has 0 aliphatic heterocycles. The maximum absolute atomic E-state index is 12.8. The molecule has 4 rings (SSSR count). The van der Waals surface area contributed by atoms with Crippen LogP contribution in [0.2, 0.25) is 0 Å². The molecule has 3 aromatic carbocycles. The quantitative estimate of drug-likeness (QED) is 0.344. The molecule has 1 aromatic heterocycles. The number of carbonyl (C=O) groups is 2. The van der Waals surface area contributed by atoms with Crippen molar-refractivity contribution in [3.8, 4) is 17.2 Å². The molecule has 4 aromatic rings. The zero-order valence-corrected chi connectivity index (χ0v) is 20.7. The van der Waals surface area contributed by atoms with Crippen LogP contribution in [0.25, 0.3) is 5.69 Å². The number of urea groups is 1. The van der Waals surface area contributed by atoms with Gasteiger partial charge in [0, 0.05) is 24.1 Å². The molecule has 0 atom stereocenters. The lowest BCUT2D eigenvalue weighted by atomic mass is 9.92. The minimum Gasteiger partial charge on any atom is -0.457 e. The number of aromatic nitrogens is 2. The lowest BCUT2D eigenvalue weighted by molar-refractivity contribution is -0.114. The Morgan fingerprint density at radius 2 is 1.58 bits per heavy atom. The summed E-state index contributed by atoms with van der Waals surface area (Å²) >= 11 is 0. The van der Waals surface area contributed by atoms with E-state index >= 15 is 0 Å². The van der Waals surface area contributed by atoms with Gasteiger partial charge in [-0.25, -0.2) is 14.4 Å². The minimum absolute atomic E-state index is 0.181. The minimum atomic E-state index is -0.661. The predicted molar refractivity (Wildman–Crippen MR) is 141 cm³/mol. The largest absolute Gasteiger partial charge is 0.457 e. The van der Waals surface area contributed by atoms with Crippen molar-refractivity contribution in [3.05, 3.63) is 90.6 Å². The molecule has 36 heavy (non-hydrogen) atoms. The fourth-order valence-corrected chi connectivity index (χ4v) is 3.67. The number of anilines is 3. The van der Waals surface area contributed by atoms with Gasteiger partial charge in [-0.15, -0.1) is 0 Å². The highest BCUT2D eigenvalue weighted by Crippen LogP contribution is 2.34. The maximum atomic E-state index is 12.8. The van der Waals surface area contributed by atoms with Crippen molar-refractivity contribution in [3.63, 3.8) is 0 Å². The van der Waals surface area contributed by atoms with E-state index in [2.05, 4.69) is 5.32 Å². The molecule has 0 saturated heterocycles. The van der Waals surface area contributed by atoms with Crippen molar-refractivity contribution < 1.29 is 14.3 Å². The van der Waals surface area contributed by atoms with E-state index in [-0.39, 0.29) is 11.3 Å². The van der Waals surface area contributed by atoms with E-state index in [9.17, 15) is 9.59 Å². The number of hydrogen-bond acceptors (Lipinski definition) is 4. The Kier molecular flexibility index (Phi) is 6.78. The van der Waals surface area contributed by atoms with Gasteiger partial charge in [0.2, 0.25) is 5.91 Å². The average Bonchev–Trinajstić information content (AvgIpc) is 3.26. The lowest BCUT2D eigenvalue weighted by Crippen LogP contribution is -2.33. The molecule has 0 spiro atoms. The van der Waals surface area contributed by atoms with Crippen LogP contribution < -0.4 is 20.7 Å². The van der Waals surface area contributed by atoms with Gasteiger partial charge in [-0.05, 0) is 54.6 Å². The summed E-state index contributed by atoms with van der Waals surface area (Å²) in [7, 11) is 0. The number of amides is 3. The van der Waals surface area contributed by atoms with Crippen LogP contribution in [0.3, 0.4) is 0 Å². The van der Waals surface area contributed by atoms with E-state index in [4.69, 9.17) is 15.6 Å². The van der Waals surface area contributed by atoms with Crippen LogP contribution in [0.1, 0.15) is 33.4 Å². The number of benzene rings is 3. The topological polar surface area (TPSA) is 102 Å². The van der Waals surface area contributed by atoms with Gasteiger partial charge in [0.1, 0.15) is 17.3 Å². The highest BCUT2D eigenvalue weighted by Gasteiger charge is 2.26. The molecule has 0 radical (unpaired) electrons. The monoisotopic (exact) mass is 483 g/mol. The molecule has 0 aliphatic rings. The zero-order valence-electron chi connectivity index (χ0n) is 20.7. The maximum Gasteiger partial charge on any atom is 0.325 e. The van der Waals surface area contributed by atoms with Gasteiger partial charge >= 0.3 is 6.03 Å². The molecule has 1 heterocycles. The summed E-state index contributed by atoms with van der Waals surface area (Å²) in [6, 6.07) is 25.0.